The minimum atomic E-state index is -0.785. The molecule has 0 aliphatic heterocycles. The number of tetrazole rings is 1. The van der Waals surface area contributed by atoms with Crippen LogP contribution < -0.4 is 10.1 Å². The van der Waals surface area contributed by atoms with Gasteiger partial charge in [0.15, 0.2) is 12.4 Å². The molecular weight excluding hydrogens is 294 g/mol. The first-order chi connectivity index (χ1) is 11.3. The van der Waals surface area contributed by atoms with Crippen LogP contribution in [0.25, 0.3) is 0 Å². The molecule has 7 heteroatoms. The van der Waals surface area contributed by atoms with Gasteiger partial charge >= 0.3 is 0 Å². The molecule has 1 heterocycles. The number of benzene rings is 2. The molecule has 3 aromatic rings. The summed E-state index contributed by atoms with van der Waals surface area (Å²) in [5.41, 5.74) is 0.700. The highest BCUT2D eigenvalue weighted by molar-refractivity contribution is 5.94. The number of amides is 1. The van der Waals surface area contributed by atoms with Crippen molar-refractivity contribution in [3.05, 3.63) is 67.0 Å². The van der Waals surface area contributed by atoms with E-state index >= 15 is 0 Å². The number of hydrogen-bond acceptors (Lipinski definition) is 5. The third kappa shape index (κ3) is 4.13. The average Bonchev–Trinajstić information content (AvgIpc) is 3.09. The van der Waals surface area contributed by atoms with E-state index in [4.69, 9.17) is 4.74 Å². The number of para-hydroxylation sites is 2. The molecule has 0 spiro atoms. The summed E-state index contributed by atoms with van der Waals surface area (Å²) in [4.78, 5) is 13.8. The first kappa shape index (κ1) is 14.7. The van der Waals surface area contributed by atoms with Crippen LogP contribution in [-0.2, 0) is 11.3 Å². The smallest absolute Gasteiger partial charge is 0.267 e. The van der Waals surface area contributed by atoms with E-state index in [-0.39, 0.29) is 12.5 Å². The van der Waals surface area contributed by atoms with Gasteiger partial charge in [-0.15, -0.1) is 10.2 Å². The summed E-state index contributed by atoms with van der Waals surface area (Å²) in [6.45, 7) is 0.160. The number of aromatic nitrogens is 4. The summed E-state index contributed by atoms with van der Waals surface area (Å²) in [6, 6.07) is 18.3. The second kappa shape index (κ2) is 7.17. The van der Waals surface area contributed by atoms with Crippen molar-refractivity contribution in [2.24, 2.45) is 0 Å². The molecular formula is C16H15N5O2. The van der Waals surface area contributed by atoms with Crippen LogP contribution in [-0.4, -0.2) is 32.2 Å². The largest absolute Gasteiger partial charge is 0.479 e. The molecule has 1 unspecified atom stereocenters. The Morgan fingerprint density at radius 1 is 1.09 bits per heavy atom. The van der Waals surface area contributed by atoms with Crippen molar-refractivity contribution in [2.75, 3.05) is 5.32 Å². The summed E-state index contributed by atoms with van der Waals surface area (Å²) in [6.07, 6.45) is 0.529. The summed E-state index contributed by atoms with van der Waals surface area (Å²) in [5.74, 6) is 0.318. The Morgan fingerprint density at radius 2 is 1.78 bits per heavy atom. The molecule has 0 fully saturated rings. The van der Waals surface area contributed by atoms with Gasteiger partial charge in [0, 0.05) is 5.69 Å². The van der Waals surface area contributed by atoms with Crippen LogP contribution in [0.15, 0.2) is 67.0 Å². The van der Waals surface area contributed by atoms with E-state index in [9.17, 15) is 4.79 Å². The van der Waals surface area contributed by atoms with Crippen LogP contribution in [0.4, 0.5) is 5.69 Å². The van der Waals surface area contributed by atoms with Crippen molar-refractivity contribution in [3.8, 4) is 5.75 Å². The van der Waals surface area contributed by atoms with Crippen molar-refractivity contribution in [3.63, 3.8) is 0 Å². The zero-order valence-electron chi connectivity index (χ0n) is 12.2. The number of carbonyl (C=O) groups is 1. The molecule has 0 aliphatic carbocycles. The molecule has 0 radical (unpaired) electrons. The summed E-state index contributed by atoms with van der Waals surface area (Å²) >= 11 is 0. The molecule has 2 aromatic carbocycles. The second-order valence-electron chi connectivity index (χ2n) is 4.77. The molecule has 1 N–H and O–H groups in total. The van der Waals surface area contributed by atoms with Gasteiger partial charge in [-0.3, -0.25) is 4.79 Å². The normalized spacial score (nSPS) is 11.7. The highest BCUT2D eigenvalue weighted by Gasteiger charge is 2.22. The number of nitrogens with one attached hydrogen (secondary N) is 1. The van der Waals surface area contributed by atoms with E-state index in [1.807, 2.05) is 48.5 Å². The van der Waals surface area contributed by atoms with Gasteiger partial charge in [0.25, 0.3) is 5.91 Å². The molecule has 0 aliphatic rings. The van der Waals surface area contributed by atoms with Crippen molar-refractivity contribution in [1.82, 2.24) is 20.2 Å². The van der Waals surface area contributed by atoms with Gasteiger partial charge in [-0.2, -0.15) is 4.80 Å². The van der Waals surface area contributed by atoms with Crippen molar-refractivity contribution in [1.29, 1.82) is 0 Å². The molecule has 7 nitrogen and oxygen atoms in total. The van der Waals surface area contributed by atoms with Crippen LogP contribution >= 0.6 is 0 Å². The van der Waals surface area contributed by atoms with Crippen molar-refractivity contribution >= 4 is 11.6 Å². The second-order valence-corrected chi connectivity index (χ2v) is 4.77. The van der Waals surface area contributed by atoms with Gasteiger partial charge in [-0.05, 0) is 29.5 Å². The van der Waals surface area contributed by atoms with Crippen molar-refractivity contribution in [2.45, 2.75) is 12.6 Å². The lowest BCUT2D eigenvalue weighted by atomic mass is 10.2. The fraction of sp³-hybridized carbons (Fsp3) is 0.125. The SMILES string of the molecule is O=C(Nc1ccccc1)C(Cn1ncnn1)Oc1ccccc1. The Labute approximate surface area is 132 Å². The lowest BCUT2D eigenvalue weighted by Crippen LogP contribution is -2.37. The van der Waals surface area contributed by atoms with Crippen LogP contribution in [0.1, 0.15) is 0 Å². The van der Waals surface area contributed by atoms with E-state index in [0.29, 0.717) is 11.4 Å². The number of carbonyl (C=O) groups excluding carboxylic acids is 1. The molecule has 3 rings (SSSR count). The van der Waals surface area contributed by atoms with Gasteiger partial charge in [0.1, 0.15) is 12.3 Å². The fourth-order valence-electron chi connectivity index (χ4n) is 2.00. The lowest BCUT2D eigenvalue weighted by Gasteiger charge is -2.18. The molecule has 1 amide bonds. The van der Waals surface area contributed by atoms with Gasteiger partial charge in [0.2, 0.25) is 0 Å². The minimum Gasteiger partial charge on any atom is -0.479 e. The standard InChI is InChI=1S/C16H15N5O2/c22-16(19-13-7-3-1-4-8-13)15(11-21-18-12-17-20-21)23-14-9-5-2-6-10-14/h1-10,12,15H,11H2,(H,19,22). The van der Waals surface area contributed by atoms with Gasteiger partial charge in [0.05, 0.1) is 0 Å². The Morgan fingerprint density at radius 3 is 2.43 bits per heavy atom. The van der Waals surface area contributed by atoms with E-state index in [0.717, 1.165) is 0 Å². The minimum absolute atomic E-state index is 0.160. The quantitative estimate of drug-likeness (QED) is 0.750. The number of ether oxygens (including phenoxy) is 1. The Kier molecular flexibility index (Phi) is 4.58. The zero-order valence-corrected chi connectivity index (χ0v) is 12.2. The molecule has 1 atom stereocenters. The maximum absolute atomic E-state index is 12.5. The lowest BCUT2D eigenvalue weighted by molar-refractivity contribution is -0.123. The summed E-state index contributed by atoms with van der Waals surface area (Å²) in [7, 11) is 0. The number of anilines is 1. The molecule has 1 aromatic heterocycles. The predicted octanol–water partition coefficient (Wildman–Crippen LogP) is 1.76. The maximum atomic E-state index is 12.5. The van der Waals surface area contributed by atoms with E-state index < -0.39 is 6.10 Å². The zero-order chi connectivity index (χ0) is 15.9. The topological polar surface area (TPSA) is 81.9 Å². The monoisotopic (exact) mass is 309 g/mol. The first-order valence-electron chi connectivity index (χ1n) is 7.09. The van der Waals surface area contributed by atoms with E-state index in [2.05, 4.69) is 20.7 Å². The van der Waals surface area contributed by atoms with Crippen LogP contribution in [0.5, 0.6) is 5.75 Å². The van der Waals surface area contributed by atoms with Crippen LogP contribution in [0.3, 0.4) is 0 Å². The summed E-state index contributed by atoms with van der Waals surface area (Å²) < 4.78 is 5.78. The van der Waals surface area contributed by atoms with Gasteiger partial charge < -0.3 is 10.1 Å². The molecule has 116 valence electrons. The summed E-state index contributed by atoms with van der Waals surface area (Å²) in [5, 5.41) is 14.2. The Balaban J connectivity index is 1.75. The third-order valence-electron chi connectivity index (χ3n) is 3.08. The average molecular weight is 309 g/mol. The number of nitrogens with zero attached hydrogens (tertiary/aromatic N) is 4. The van der Waals surface area contributed by atoms with Gasteiger partial charge in [-0.1, -0.05) is 36.4 Å². The highest BCUT2D eigenvalue weighted by atomic mass is 16.5. The molecule has 0 saturated heterocycles. The van der Waals surface area contributed by atoms with E-state index in [1.54, 1.807) is 12.1 Å². The van der Waals surface area contributed by atoms with E-state index in [1.165, 1.54) is 11.1 Å². The van der Waals surface area contributed by atoms with Crippen LogP contribution in [0, 0.1) is 0 Å². The maximum Gasteiger partial charge on any atom is 0.267 e. The molecule has 23 heavy (non-hydrogen) atoms. The Bertz CT molecular complexity index is 732. The first-order valence-corrected chi connectivity index (χ1v) is 7.09. The van der Waals surface area contributed by atoms with Crippen molar-refractivity contribution < 1.29 is 9.53 Å². The van der Waals surface area contributed by atoms with Gasteiger partial charge in [-0.25, -0.2) is 0 Å². The predicted molar refractivity (Wildman–Crippen MR) is 83.7 cm³/mol. The fourth-order valence-corrected chi connectivity index (χ4v) is 2.00. The number of rotatable bonds is 6. The number of hydrogen-bond donors (Lipinski definition) is 1. The molecule has 0 bridgehead atoms. The molecule has 0 saturated carbocycles. The Hall–Kier alpha value is -3.22. The highest BCUT2D eigenvalue weighted by Crippen LogP contribution is 2.13. The third-order valence-corrected chi connectivity index (χ3v) is 3.08. The van der Waals surface area contributed by atoms with Crippen LogP contribution in [0.2, 0.25) is 0 Å².